The second-order valence-corrected chi connectivity index (χ2v) is 5.88. The largest absolute Gasteiger partial charge is 0.374 e. The summed E-state index contributed by atoms with van der Waals surface area (Å²) in [5, 5.41) is 3.48. The number of ether oxygens (including phenoxy) is 1. The molecule has 2 rings (SSSR count). The van der Waals surface area contributed by atoms with Gasteiger partial charge in [-0.3, -0.25) is 0 Å². The van der Waals surface area contributed by atoms with Gasteiger partial charge in [0.1, 0.15) is 0 Å². The molecule has 1 aliphatic carbocycles. The summed E-state index contributed by atoms with van der Waals surface area (Å²) in [4.78, 5) is 0. The molecule has 1 saturated carbocycles. The van der Waals surface area contributed by atoms with Gasteiger partial charge in [-0.15, -0.1) is 0 Å². The first kappa shape index (κ1) is 14.5. The minimum Gasteiger partial charge on any atom is -0.374 e. The van der Waals surface area contributed by atoms with Crippen molar-refractivity contribution in [2.75, 3.05) is 0 Å². The maximum Gasteiger partial charge on any atom is 0.0723 e. The average Bonchev–Trinajstić information content (AvgIpc) is 2.45. The average molecular weight is 261 g/mol. The summed E-state index contributed by atoms with van der Waals surface area (Å²) in [6.07, 6.45) is 7.02. The van der Waals surface area contributed by atoms with Crippen LogP contribution >= 0.6 is 0 Å². The fourth-order valence-corrected chi connectivity index (χ4v) is 2.62. The van der Waals surface area contributed by atoms with E-state index in [1.165, 1.54) is 43.2 Å². The Kier molecular flexibility index (Phi) is 5.87. The van der Waals surface area contributed by atoms with Gasteiger partial charge in [-0.05, 0) is 24.0 Å². The van der Waals surface area contributed by atoms with Crippen LogP contribution in [0.3, 0.4) is 0 Å². The molecule has 0 heterocycles. The number of nitrogens with one attached hydrogen (secondary N) is 1. The zero-order valence-corrected chi connectivity index (χ0v) is 12.3. The molecule has 0 aromatic heterocycles. The van der Waals surface area contributed by atoms with Crippen LogP contribution < -0.4 is 5.32 Å². The molecule has 0 radical (unpaired) electrons. The quantitative estimate of drug-likeness (QED) is 0.834. The molecule has 2 heteroatoms. The summed E-state index contributed by atoms with van der Waals surface area (Å²) >= 11 is 0. The molecule has 0 saturated heterocycles. The normalized spacial score (nSPS) is 17.0. The summed E-state index contributed by atoms with van der Waals surface area (Å²) in [7, 11) is 0. The Hall–Kier alpha value is -0.860. The van der Waals surface area contributed by atoms with Gasteiger partial charge >= 0.3 is 0 Å². The van der Waals surface area contributed by atoms with Crippen molar-refractivity contribution in [3.05, 3.63) is 35.4 Å². The van der Waals surface area contributed by atoms with E-state index in [1.54, 1.807) is 0 Å². The predicted octanol–water partition coefficient (Wildman–Crippen LogP) is 4.03. The van der Waals surface area contributed by atoms with Crippen molar-refractivity contribution >= 4 is 0 Å². The molecule has 2 nitrogen and oxygen atoms in total. The van der Waals surface area contributed by atoms with Crippen LogP contribution in [0.15, 0.2) is 24.3 Å². The SMILES string of the molecule is CC(C)NCc1ccccc1COC1CCCCC1. The van der Waals surface area contributed by atoms with Crippen molar-refractivity contribution < 1.29 is 4.74 Å². The minimum absolute atomic E-state index is 0.486. The lowest BCUT2D eigenvalue weighted by molar-refractivity contribution is 0.0165. The number of hydrogen-bond donors (Lipinski definition) is 1. The third-order valence-corrected chi connectivity index (χ3v) is 3.85. The highest BCUT2D eigenvalue weighted by atomic mass is 16.5. The zero-order chi connectivity index (χ0) is 13.5. The summed E-state index contributed by atoms with van der Waals surface area (Å²) < 4.78 is 6.09. The van der Waals surface area contributed by atoms with Crippen molar-refractivity contribution in [2.45, 2.75) is 71.2 Å². The lowest BCUT2D eigenvalue weighted by atomic mass is 9.98. The lowest BCUT2D eigenvalue weighted by Crippen LogP contribution is -2.23. The van der Waals surface area contributed by atoms with Crippen LogP contribution in [0.2, 0.25) is 0 Å². The fraction of sp³-hybridized carbons (Fsp3) is 0.647. The summed E-state index contributed by atoms with van der Waals surface area (Å²) in [6, 6.07) is 9.14. The van der Waals surface area contributed by atoms with Gasteiger partial charge in [-0.2, -0.15) is 0 Å². The van der Waals surface area contributed by atoms with Gasteiger partial charge in [0.25, 0.3) is 0 Å². The third kappa shape index (κ3) is 4.96. The van der Waals surface area contributed by atoms with E-state index in [0.29, 0.717) is 12.1 Å². The Labute approximate surface area is 117 Å². The molecule has 0 atom stereocenters. The summed E-state index contributed by atoms with van der Waals surface area (Å²) in [6.45, 7) is 6.06. The van der Waals surface area contributed by atoms with Gasteiger partial charge in [-0.1, -0.05) is 57.4 Å². The molecule has 0 aliphatic heterocycles. The van der Waals surface area contributed by atoms with E-state index in [-0.39, 0.29) is 0 Å². The monoisotopic (exact) mass is 261 g/mol. The van der Waals surface area contributed by atoms with E-state index in [2.05, 4.69) is 43.4 Å². The highest BCUT2D eigenvalue weighted by Crippen LogP contribution is 2.22. The van der Waals surface area contributed by atoms with Crippen molar-refractivity contribution in [1.82, 2.24) is 5.32 Å². The molecule has 106 valence electrons. The molecule has 1 N–H and O–H groups in total. The molecule has 1 fully saturated rings. The first-order chi connectivity index (χ1) is 9.25. The molecular weight excluding hydrogens is 234 g/mol. The van der Waals surface area contributed by atoms with E-state index in [4.69, 9.17) is 4.74 Å². The zero-order valence-electron chi connectivity index (χ0n) is 12.3. The van der Waals surface area contributed by atoms with E-state index >= 15 is 0 Å². The first-order valence-corrected chi connectivity index (χ1v) is 7.67. The standard InChI is InChI=1S/C17H27NO/c1-14(2)18-12-15-8-6-7-9-16(15)13-19-17-10-4-3-5-11-17/h6-9,14,17-18H,3-5,10-13H2,1-2H3. The second-order valence-electron chi connectivity index (χ2n) is 5.88. The van der Waals surface area contributed by atoms with E-state index in [1.807, 2.05) is 0 Å². The molecule has 0 amide bonds. The lowest BCUT2D eigenvalue weighted by Gasteiger charge is -2.22. The summed E-state index contributed by atoms with van der Waals surface area (Å²) in [5.41, 5.74) is 2.70. The van der Waals surface area contributed by atoms with Gasteiger partial charge in [0, 0.05) is 12.6 Å². The van der Waals surface area contributed by atoms with E-state index in [0.717, 1.165) is 13.2 Å². The van der Waals surface area contributed by atoms with Crippen LogP contribution in [-0.2, 0) is 17.9 Å². The van der Waals surface area contributed by atoms with Crippen LogP contribution in [0.5, 0.6) is 0 Å². The molecule has 0 bridgehead atoms. The summed E-state index contributed by atoms with van der Waals surface area (Å²) in [5.74, 6) is 0. The van der Waals surface area contributed by atoms with Gasteiger partial charge in [0.15, 0.2) is 0 Å². The van der Waals surface area contributed by atoms with Crippen molar-refractivity contribution in [2.24, 2.45) is 0 Å². The van der Waals surface area contributed by atoms with Gasteiger partial charge in [0.2, 0.25) is 0 Å². The van der Waals surface area contributed by atoms with E-state index in [9.17, 15) is 0 Å². The molecule has 19 heavy (non-hydrogen) atoms. The van der Waals surface area contributed by atoms with Gasteiger partial charge in [0.05, 0.1) is 12.7 Å². The smallest absolute Gasteiger partial charge is 0.0723 e. The molecular formula is C17H27NO. The van der Waals surface area contributed by atoms with Crippen LogP contribution in [0, 0.1) is 0 Å². The van der Waals surface area contributed by atoms with Crippen molar-refractivity contribution in [3.63, 3.8) is 0 Å². The van der Waals surface area contributed by atoms with Gasteiger partial charge < -0.3 is 10.1 Å². The predicted molar refractivity (Wildman–Crippen MR) is 80.1 cm³/mol. The molecule has 1 aromatic rings. The molecule has 0 spiro atoms. The Morgan fingerprint density at radius 2 is 1.79 bits per heavy atom. The second kappa shape index (κ2) is 7.66. The van der Waals surface area contributed by atoms with Gasteiger partial charge in [-0.25, -0.2) is 0 Å². The molecule has 0 unspecified atom stereocenters. The van der Waals surface area contributed by atoms with Crippen LogP contribution in [0.4, 0.5) is 0 Å². The molecule has 1 aliphatic rings. The van der Waals surface area contributed by atoms with Crippen molar-refractivity contribution in [1.29, 1.82) is 0 Å². The van der Waals surface area contributed by atoms with Crippen LogP contribution in [0.1, 0.15) is 57.1 Å². The first-order valence-electron chi connectivity index (χ1n) is 7.67. The Bertz CT molecular complexity index is 369. The highest BCUT2D eigenvalue weighted by molar-refractivity contribution is 5.26. The Balaban J connectivity index is 1.87. The maximum absolute atomic E-state index is 6.09. The van der Waals surface area contributed by atoms with Crippen LogP contribution in [-0.4, -0.2) is 12.1 Å². The highest BCUT2D eigenvalue weighted by Gasteiger charge is 2.14. The molecule has 1 aromatic carbocycles. The minimum atomic E-state index is 0.486. The van der Waals surface area contributed by atoms with Crippen molar-refractivity contribution in [3.8, 4) is 0 Å². The Morgan fingerprint density at radius 3 is 2.47 bits per heavy atom. The number of rotatable bonds is 6. The fourth-order valence-electron chi connectivity index (χ4n) is 2.62. The number of benzene rings is 1. The topological polar surface area (TPSA) is 21.3 Å². The number of hydrogen-bond acceptors (Lipinski definition) is 2. The Morgan fingerprint density at radius 1 is 1.11 bits per heavy atom. The van der Waals surface area contributed by atoms with E-state index < -0.39 is 0 Å². The maximum atomic E-state index is 6.09. The van der Waals surface area contributed by atoms with Crippen LogP contribution in [0.25, 0.3) is 0 Å². The third-order valence-electron chi connectivity index (χ3n) is 3.85.